The molecule has 0 aliphatic rings. The number of carbonyl (C=O) groups is 2. The van der Waals surface area contributed by atoms with Crippen molar-refractivity contribution in [1.29, 1.82) is 0 Å². The molecule has 0 saturated carbocycles. The van der Waals surface area contributed by atoms with E-state index in [0.29, 0.717) is 6.54 Å². The molecule has 0 aliphatic carbocycles. The lowest BCUT2D eigenvalue weighted by Gasteiger charge is -2.30. The van der Waals surface area contributed by atoms with E-state index in [9.17, 15) is 9.59 Å². The van der Waals surface area contributed by atoms with Gasteiger partial charge in [0, 0.05) is 32.2 Å². The number of amides is 2. The fraction of sp³-hybridized carbons (Fsp3) is 0.382. The number of rotatable bonds is 8. The zero-order valence-corrected chi connectivity index (χ0v) is 26.4. The van der Waals surface area contributed by atoms with Crippen molar-refractivity contribution >= 4 is 23.2 Å². The Kier molecular flexibility index (Phi) is 9.33. The highest BCUT2D eigenvalue weighted by Gasteiger charge is 2.25. The zero-order valence-electron chi connectivity index (χ0n) is 26.4. The minimum Gasteiger partial charge on any atom is -0.496 e. The standard InChI is InChI=1S/C34H42N4O5/c1-33(2,3)42-31(39)37(7)19-20-38(32(40)43-34(4,5)6)22-23-13-11-14-24(21-23)25-16-12-17-27-29(25)36-30(35-27)26-15-9-10-18-28(26)41-8/h9-18,21H,19-20,22H2,1-8H3,(H,35,36). The van der Waals surface area contributed by atoms with Crippen LogP contribution in [-0.4, -0.2) is 70.4 Å². The van der Waals surface area contributed by atoms with Crippen molar-refractivity contribution in [3.63, 3.8) is 0 Å². The summed E-state index contributed by atoms with van der Waals surface area (Å²) in [5, 5.41) is 0. The van der Waals surface area contributed by atoms with Crippen LogP contribution in [0.5, 0.6) is 5.75 Å². The fourth-order valence-corrected chi connectivity index (χ4v) is 4.56. The van der Waals surface area contributed by atoms with Gasteiger partial charge in [-0.15, -0.1) is 0 Å². The molecule has 4 aromatic rings. The van der Waals surface area contributed by atoms with Gasteiger partial charge in [-0.3, -0.25) is 0 Å². The Labute approximate surface area is 253 Å². The van der Waals surface area contributed by atoms with Crippen LogP contribution in [0, 0.1) is 0 Å². The molecule has 9 nitrogen and oxygen atoms in total. The minimum atomic E-state index is -0.663. The quantitative estimate of drug-likeness (QED) is 0.230. The third-order valence-corrected chi connectivity index (χ3v) is 6.55. The first-order chi connectivity index (χ1) is 20.2. The number of nitrogens with one attached hydrogen (secondary N) is 1. The highest BCUT2D eigenvalue weighted by Crippen LogP contribution is 2.33. The topological polar surface area (TPSA) is 97.0 Å². The Morgan fingerprint density at radius 3 is 2.16 bits per heavy atom. The lowest BCUT2D eigenvalue weighted by molar-refractivity contribution is 0.0152. The maximum atomic E-state index is 13.2. The predicted octanol–water partition coefficient (Wildman–Crippen LogP) is 7.51. The molecule has 9 heteroatoms. The van der Waals surface area contributed by atoms with Crippen LogP contribution in [0.1, 0.15) is 47.1 Å². The molecule has 1 aromatic heterocycles. The number of nitrogens with zero attached hydrogens (tertiary/aromatic N) is 3. The normalized spacial score (nSPS) is 11.7. The van der Waals surface area contributed by atoms with Gasteiger partial charge in [0.15, 0.2) is 0 Å². The number of imidazole rings is 1. The van der Waals surface area contributed by atoms with E-state index in [1.807, 2.05) is 102 Å². The second-order valence-electron chi connectivity index (χ2n) is 12.5. The van der Waals surface area contributed by atoms with Gasteiger partial charge in [0.05, 0.1) is 23.7 Å². The van der Waals surface area contributed by atoms with Crippen molar-refractivity contribution in [2.45, 2.75) is 59.3 Å². The first-order valence-corrected chi connectivity index (χ1v) is 14.4. The van der Waals surface area contributed by atoms with Crippen LogP contribution < -0.4 is 4.74 Å². The highest BCUT2D eigenvalue weighted by molar-refractivity contribution is 5.94. The van der Waals surface area contributed by atoms with Crippen molar-refractivity contribution in [1.82, 2.24) is 19.8 Å². The third kappa shape index (κ3) is 8.28. The number of ether oxygens (including phenoxy) is 3. The van der Waals surface area contributed by atoms with Crippen molar-refractivity contribution in [3.8, 4) is 28.3 Å². The smallest absolute Gasteiger partial charge is 0.410 e. The summed E-state index contributed by atoms with van der Waals surface area (Å²) in [6.07, 6.45) is -0.897. The van der Waals surface area contributed by atoms with Crippen LogP contribution in [0.15, 0.2) is 66.7 Å². The summed E-state index contributed by atoms with van der Waals surface area (Å²) in [5.74, 6) is 1.46. The van der Waals surface area contributed by atoms with Crippen LogP contribution in [0.2, 0.25) is 0 Å². The molecule has 0 radical (unpaired) electrons. The van der Waals surface area contributed by atoms with Gasteiger partial charge in [0.2, 0.25) is 0 Å². The van der Waals surface area contributed by atoms with Crippen molar-refractivity contribution in [2.24, 2.45) is 0 Å². The van der Waals surface area contributed by atoms with Crippen LogP contribution in [0.3, 0.4) is 0 Å². The summed E-state index contributed by atoms with van der Waals surface area (Å²) in [6, 6.07) is 21.8. The van der Waals surface area contributed by atoms with Gasteiger partial charge in [-0.1, -0.05) is 42.5 Å². The van der Waals surface area contributed by atoms with E-state index in [0.717, 1.165) is 44.9 Å². The maximum Gasteiger partial charge on any atom is 0.410 e. The largest absolute Gasteiger partial charge is 0.496 e. The SMILES string of the molecule is COc1ccccc1-c1nc2cccc(-c3cccc(CN(CCN(C)C(=O)OC(C)(C)C)C(=O)OC(C)(C)C)c3)c2[nH]1. The van der Waals surface area contributed by atoms with E-state index in [1.165, 1.54) is 4.90 Å². The van der Waals surface area contributed by atoms with E-state index in [1.54, 1.807) is 19.1 Å². The van der Waals surface area contributed by atoms with Crippen molar-refractivity contribution in [2.75, 3.05) is 27.2 Å². The molecule has 0 atom stereocenters. The molecule has 2 amide bonds. The molecule has 228 valence electrons. The van der Waals surface area contributed by atoms with Crippen molar-refractivity contribution in [3.05, 3.63) is 72.3 Å². The van der Waals surface area contributed by atoms with Gasteiger partial charge in [-0.05, 0) is 76.9 Å². The number of fused-ring (bicyclic) bond motifs is 1. The first kappa shape index (κ1) is 31.4. The predicted molar refractivity (Wildman–Crippen MR) is 169 cm³/mol. The molecule has 3 aromatic carbocycles. The Balaban J connectivity index is 1.60. The van der Waals surface area contributed by atoms with Crippen molar-refractivity contribution < 1.29 is 23.8 Å². The van der Waals surface area contributed by atoms with Gasteiger partial charge >= 0.3 is 12.2 Å². The summed E-state index contributed by atoms with van der Waals surface area (Å²) < 4.78 is 16.7. The number of hydrogen-bond donors (Lipinski definition) is 1. The molecule has 0 fully saturated rings. The molecule has 0 unspecified atom stereocenters. The Morgan fingerprint density at radius 1 is 0.814 bits per heavy atom. The summed E-state index contributed by atoms with van der Waals surface area (Å²) in [7, 11) is 3.31. The number of aromatic nitrogens is 2. The lowest BCUT2D eigenvalue weighted by Crippen LogP contribution is -2.42. The van der Waals surface area contributed by atoms with Crippen LogP contribution >= 0.6 is 0 Å². The molecule has 0 bridgehead atoms. The highest BCUT2D eigenvalue weighted by atomic mass is 16.6. The molecule has 4 rings (SSSR count). The monoisotopic (exact) mass is 586 g/mol. The average Bonchev–Trinajstić information content (AvgIpc) is 3.37. The molecule has 0 spiro atoms. The molecule has 1 heterocycles. The van der Waals surface area contributed by atoms with Gasteiger partial charge in [-0.25, -0.2) is 14.6 Å². The second kappa shape index (κ2) is 12.8. The number of benzene rings is 3. The Bertz CT molecular complexity index is 1580. The number of methoxy groups -OCH3 is 1. The summed E-state index contributed by atoms with van der Waals surface area (Å²) in [5.41, 5.74) is 4.24. The van der Waals surface area contributed by atoms with E-state index in [-0.39, 0.29) is 13.1 Å². The molecule has 43 heavy (non-hydrogen) atoms. The van der Waals surface area contributed by atoms with Crippen LogP contribution in [0.4, 0.5) is 9.59 Å². The maximum absolute atomic E-state index is 13.2. The average molecular weight is 587 g/mol. The number of carbonyl (C=O) groups excluding carboxylic acids is 2. The van der Waals surface area contributed by atoms with E-state index >= 15 is 0 Å². The van der Waals surface area contributed by atoms with Crippen LogP contribution in [-0.2, 0) is 16.0 Å². The fourth-order valence-electron chi connectivity index (χ4n) is 4.56. The van der Waals surface area contributed by atoms with Gasteiger partial charge in [-0.2, -0.15) is 0 Å². The lowest BCUT2D eigenvalue weighted by atomic mass is 10.0. The Hall–Kier alpha value is -4.53. The summed E-state index contributed by atoms with van der Waals surface area (Å²) in [6.45, 7) is 11.8. The zero-order chi connectivity index (χ0) is 31.4. The number of hydrogen-bond acceptors (Lipinski definition) is 6. The number of likely N-dealkylation sites (N-methyl/N-ethyl adjacent to an activating group) is 1. The first-order valence-electron chi connectivity index (χ1n) is 14.4. The molecule has 0 aliphatic heterocycles. The van der Waals surface area contributed by atoms with Crippen LogP contribution in [0.25, 0.3) is 33.5 Å². The van der Waals surface area contributed by atoms with E-state index < -0.39 is 23.4 Å². The third-order valence-electron chi connectivity index (χ3n) is 6.55. The van der Waals surface area contributed by atoms with Gasteiger partial charge in [0.1, 0.15) is 22.8 Å². The molecule has 0 saturated heterocycles. The van der Waals surface area contributed by atoms with Gasteiger partial charge in [0.25, 0.3) is 0 Å². The second-order valence-corrected chi connectivity index (χ2v) is 12.5. The Morgan fingerprint density at radius 2 is 1.47 bits per heavy atom. The number of para-hydroxylation sites is 2. The summed E-state index contributed by atoms with van der Waals surface area (Å²) >= 11 is 0. The number of H-pyrrole nitrogens is 1. The van der Waals surface area contributed by atoms with E-state index in [4.69, 9.17) is 19.2 Å². The molecule has 1 N–H and O–H groups in total. The molecular formula is C34H42N4O5. The van der Waals surface area contributed by atoms with Gasteiger partial charge < -0.3 is 29.0 Å². The molecular weight excluding hydrogens is 544 g/mol. The minimum absolute atomic E-state index is 0.271. The van der Waals surface area contributed by atoms with E-state index in [2.05, 4.69) is 11.1 Å². The number of aromatic amines is 1. The summed E-state index contributed by atoms with van der Waals surface area (Å²) in [4.78, 5) is 37.2.